The van der Waals surface area contributed by atoms with E-state index in [0.717, 1.165) is 30.5 Å². The second-order valence-electron chi connectivity index (χ2n) is 7.39. The van der Waals surface area contributed by atoms with Gasteiger partial charge in [-0.15, -0.1) is 24.0 Å². The first-order chi connectivity index (χ1) is 13.1. The molecule has 1 unspecified atom stereocenters. The summed E-state index contributed by atoms with van der Waals surface area (Å²) in [4.78, 5) is 17.8. The number of amides is 1. The topological polar surface area (TPSA) is 92.0 Å². The van der Waals surface area contributed by atoms with Crippen molar-refractivity contribution in [3.8, 4) is 5.75 Å². The average Bonchev–Trinajstić information content (AvgIpc) is 3.35. The van der Waals surface area contributed by atoms with Crippen molar-refractivity contribution in [3.63, 3.8) is 0 Å². The fraction of sp³-hybridized carbons (Fsp3) is 0.600. The molecular formula is C20H32IN5O2. The number of hydrogen-bond acceptors (Lipinski definition) is 4. The second kappa shape index (κ2) is 11.5. The molecule has 2 aliphatic rings. The van der Waals surface area contributed by atoms with E-state index in [0.29, 0.717) is 18.3 Å². The highest BCUT2D eigenvalue weighted by Crippen LogP contribution is 2.26. The van der Waals surface area contributed by atoms with Gasteiger partial charge in [-0.05, 0) is 37.0 Å². The summed E-state index contributed by atoms with van der Waals surface area (Å²) in [5.74, 6) is 0.974. The maximum absolute atomic E-state index is 10.8. The molecule has 1 amide bonds. The van der Waals surface area contributed by atoms with Crippen LogP contribution in [0.1, 0.15) is 37.7 Å². The Kier molecular flexibility index (Phi) is 9.30. The molecule has 1 aromatic carbocycles. The monoisotopic (exact) mass is 501 g/mol. The molecule has 0 radical (unpaired) electrons. The highest BCUT2D eigenvalue weighted by atomic mass is 127. The highest BCUT2D eigenvalue weighted by Gasteiger charge is 2.30. The third kappa shape index (κ3) is 6.80. The largest absolute Gasteiger partial charge is 0.484 e. The van der Waals surface area contributed by atoms with Gasteiger partial charge in [0.15, 0.2) is 12.6 Å². The molecule has 1 aliphatic carbocycles. The zero-order valence-corrected chi connectivity index (χ0v) is 18.9. The van der Waals surface area contributed by atoms with Gasteiger partial charge in [0, 0.05) is 38.8 Å². The third-order valence-electron chi connectivity index (χ3n) is 5.36. The number of likely N-dealkylation sites (tertiary alicyclic amines) is 1. The Labute approximate surface area is 184 Å². The van der Waals surface area contributed by atoms with Crippen LogP contribution in [0.5, 0.6) is 5.75 Å². The Balaban J connectivity index is 0.00000280. The number of aliphatic imine (C=N–C) groups is 1. The Morgan fingerprint density at radius 1 is 1.32 bits per heavy atom. The number of hydrogen-bond donors (Lipinski definition) is 3. The highest BCUT2D eigenvalue weighted by molar-refractivity contribution is 14.0. The van der Waals surface area contributed by atoms with E-state index in [1.165, 1.54) is 32.2 Å². The number of rotatable bonds is 7. The molecule has 3 rings (SSSR count). The minimum Gasteiger partial charge on any atom is -0.484 e. The Morgan fingerprint density at radius 2 is 2.11 bits per heavy atom. The van der Waals surface area contributed by atoms with Gasteiger partial charge in [-0.25, -0.2) is 0 Å². The number of ether oxygens (including phenoxy) is 1. The van der Waals surface area contributed by atoms with Crippen LogP contribution in [0.3, 0.4) is 0 Å². The number of benzene rings is 1. The van der Waals surface area contributed by atoms with Gasteiger partial charge >= 0.3 is 0 Å². The van der Waals surface area contributed by atoms with E-state index < -0.39 is 5.91 Å². The molecule has 2 fully saturated rings. The SMILES string of the molecule is CN=C(NCc1cccc(OCC(N)=O)c1)NC1CCN(C2CCCC2)C1.I. The number of nitrogens with zero attached hydrogens (tertiary/aromatic N) is 2. The maximum atomic E-state index is 10.8. The van der Waals surface area contributed by atoms with Crippen molar-refractivity contribution in [2.45, 2.75) is 50.7 Å². The summed E-state index contributed by atoms with van der Waals surface area (Å²) in [7, 11) is 1.80. The van der Waals surface area contributed by atoms with Crippen LogP contribution in [0.25, 0.3) is 0 Å². The van der Waals surface area contributed by atoms with Gasteiger partial charge in [0.25, 0.3) is 5.91 Å². The summed E-state index contributed by atoms with van der Waals surface area (Å²) in [6.07, 6.45) is 6.63. The van der Waals surface area contributed by atoms with Crippen LogP contribution < -0.4 is 21.1 Å². The Bertz CT molecular complexity index is 664. The number of halogens is 1. The lowest BCUT2D eigenvalue weighted by Crippen LogP contribution is -2.45. The van der Waals surface area contributed by atoms with Crippen molar-refractivity contribution in [1.29, 1.82) is 0 Å². The molecule has 0 spiro atoms. The van der Waals surface area contributed by atoms with Crippen molar-refractivity contribution in [2.75, 3.05) is 26.7 Å². The Hall–Kier alpha value is -1.55. The molecule has 1 heterocycles. The number of carbonyl (C=O) groups is 1. The quantitative estimate of drug-likeness (QED) is 0.302. The Morgan fingerprint density at radius 3 is 2.82 bits per heavy atom. The summed E-state index contributed by atoms with van der Waals surface area (Å²) in [6, 6.07) is 8.86. The minimum absolute atomic E-state index is 0. The first kappa shape index (κ1) is 22.7. The van der Waals surface area contributed by atoms with Crippen LogP contribution in [-0.2, 0) is 11.3 Å². The number of carbonyl (C=O) groups excluding carboxylic acids is 1. The van der Waals surface area contributed by atoms with Gasteiger partial charge in [0.1, 0.15) is 5.75 Å². The predicted molar refractivity (Wildman–Crippen MR) is 122 cm³/mol. The molecule has 1 atom stereocenters. The third-order valence-corrected chi connectivity index (χ3v) is 5.36. The van der Waals surface area contributed by atoms with Gasteiger partial charge < -0.3 is 21.1 Å². The van der Waals surface area contributed by atoms with E-state index >= 15 is 0 Å². The molecule has 4 N–H and O–H groups in total. The molecule has 1 saturated carbocycles. The zero-order chi connectivity index (χ0) is 19.1. The molecular weight excluding hydrogens is 469 g/mol. The summed E-state index contributed by atoms with van der Waals surface area (Å²) in [6.45, 7) is 2.80. The van der Waals surface area contributed by atoms with E-state index in [9.17, 15) is 4.79 Å². The fourth-order valence-electron chi connectivity index (χ4n) is 3.98. The molecule has 28 heavy (non-hydrogen) atoms. The molecule has 7 nitrogen and oxygen atoms in total. The van der Waals surface area contributed by atoms with Gasteiger partial charge in [-0.3, -0.25) is 14.7 Å². The number of nitrogens with one attached hydrogen (secondary N) is 2. The number of guanidine groups is 1. The lowest BCUT2D eigenvalue weighted by Gasteiger charge is -2.24. The number of nitrogens with two attached hydrogens (primary N) is 1. The summed E-state index contributed by atoms with van der Waals surface area (Å²) in [5, 5.41) is 6.91. The lowest BCUT2D eigenvalue weighted by molar-refractivity contribution is -0.119. The molecule has 1 saturated heterocycles. The average molecular weight is 501 g/mol. The van der Waals surface area contributed by atoms with E-state index in [4.69, 9.17) is 10.5 Å². The fourth-order valence-corrected chi connectivity index (χ4v) is 3.98. The first-order valence-electron chi connectivity index (χ1n) is 9.85. The number of primary amides is 1. The van der Waals surface area contributed by atoms with Crippen molar-refractivity contribution >= 4 is 35.8 Å². The summed E-state index contributed by atoms with van der Waals surface area (Å²) < 4.78 is 5.36. The second-order valence-corrected chi connectivity index (χ2v) is 7.39. The van der Waals surface area contributed by atoms with E-state index in [2.05, 4.69) is 20.5 Å². The minimum atomic E-state index is -0.480. The van der Waals surface area contributed by atoms with Crippen molar-refractivity contribution in [3.05, 3.63) is 29.8 Å². The van der Waals surface area contributed by atoms with Crippen LogP contribution in [0, 0.1) is 0 Å². The molecule has 1 aliphatic heterocycles. The van der Waals surface area contributed by atoms with E-state index in [1.54, 1.807) is 7.05 Å². The van der Waals surface area contributed by atoms with E-state index in [-0.39, 0.29) is 30.6 Å². The molecule has 156 valence electrons. The van der Waals surface area contributed by atoms with Crippen molar-refractivity contribution in [2.24, 2.45) is 10.7 Å². The van der Waals surface area contributed by atoms with Crippen LogP contribution in [0.2, 0.25) is 0 Å². The van der Waals surface area contributed by atoms with Crippen LogP contribution in [-0.4, -0.2) is 55.6 Å². The van der Waals surface area contributed by atoms with Crippen LogP contribution >= 0.6 is 24.0 Å². The van der Waals surface area contributed by atoms with Crippen LogP contribution in [0.4, 0.5) is 0 Å². The van der Waals surface area contributed by atoms with Gasteiger partial charge in [-0.2, -0.15) is 0 Å². The van der Waals surface area contributed by atoms with Crippen molar-refractivity contribution in [1.82, 2.24) is 15.5 Å². The standard InChI is InChI=1S/C20H31N5O2.HI/c1-22-20(24-16-9-10-25(13-16)17-6-2-3-7-17)23-12-15-5-4-8-18(11-15)27-14-19(21)26;/h4-5,8,11,16-17H,2-3,6-7,9-10,12-14H2,1H3,(H2,21,26)(H2,22,23,24);1H. The smallest absolute Gasteiger partial charge is 0.255 e. The maximum Gasteiger partial charge on any atom is 0.255 e. The first-order valence-corrected chi connectivity index (χ1v) is 9.85. The van der Waals surface area contributed by atoms with E-state index in [1.807, 2.05) is 24.3 Å². The van der Waals surface area contributed by atoms with Gasteiger partial charge in [-0.1, -0.05) is 25.0 Å². The van der Waals surface area contributed by atoms with Gasteiger partial charge in [0.05, 0.1) is 0 Å². The molecule has 8 heteroatoms. The zero-order valence-electron chi connectivity index (χ0n) is 16.5. The lowest BCUT2D eigenvalue weighted by atomic mass is 10.2. The van der Waals surface area contributed by atoms with Crippen molar-refractivity contribution < 1.29 is 9.53 Å². The van der Waals surface area contributed by atoms with Crippen LogP contribution in [0.15, 0.2) is 29.3 Å². The van der Waals surface area contributed by atoms with Gasteiger partial charge in [0.2, 0.25) is 0 Å². The summed E-state index contributed by atoms with van der Waals surface area (Å²) in [5.41, 5.74) is 6.17. The molecule has 1 aromatic rings. The molecule has 0 aromatic heterocycles. The normalized spacial score (nSPS) is 20.6. The predicted octanol–water partition coefficient (Wildman–Crippen LogP) is 1.85. The molecule has 0 bridgehead atoms. The summed E-state index contributed by atoms with van der Waals surface area (Å²) >= 11 is 0.